The summed E-state index contributed by atoms with van der Waals surface area (Å²) in [6.07, 6.45) is 9.33. The summed E-state index contributed by atoms with van der Waals surface area (Å²) >= 11 is 0. The van der Waals surface area contributed by atoms with Crippen molar-refractivity contribution in [2.75, 3.05) is 45.8 Å². The molecule has 0 radical (unpaired) electrons. The van der Waals surface area contributed by atoms with E-state index in [1.54, 1.807) is 0 Å². The Morgan fingerprint density at radius 3 is 3.00 bits per heavy atom. The second-order valence-electron chi connectivity index (χ2n) is 4.87. The summed E-state index contributed by atoms with van der Waals surface area (Å²) in [6.45, 7) is 8.02. The van der Waals surface area contributed by atoms with Crippen LogP contribution >= 0.6 is 0 Å². The molecule has 3 nitrogen and oxygen atoms in total. The highest BCUT2D eigenvalue weighted by molar-refractivity contribution is 4.87. The van der Waals surface area contributed by atoms with Crippen LogP contribution in [-0.4, -0.2) is 61.7 Å². The first-order valence-corrected chi connectivity index (χ1v) is 6.51. The molecule has 0 aromatic carbocycles. The van der Waals surface area contributed by atoms with Gasteiger partial charge in [0.15, 0.2) is 0 Å². The summed E-state index contributed by atoms with van der Waals surface area (Å²) in [5.41, 5.74) is 0. The molecule has 16 heavy (non-hydrogen) atoms. The van der Waals surface area contributed by atoms with Crippen LogP contribution in [0.1, 0.15) is 19.3 Å². The van der Waals surface area contributed by atoms with E-state index >= 15 is 0 Å². The zero-order chi connectivity index (χ0) is 11.2. The van der Waals surface area contributed by atoms with Crippen molar-refractivity contribution >= 4 is 0 Å². The van der Waals surface area contributed by atoms with Crippen LogP contribution in [-0.2, 0) is 0 Å². The average Bonchev–Trinajstić information content (AvgIpc) is 2.63. The topological polar surface area (TPSA) is 18.5 Å². The summed E-state index contributed by atoms with van der Waals surface area (Å²) in [4.78, 5) is 5.27. The fourth-order valence-corrected chi connectivity index (χ4v) is 2.88. The summed E-state index contributed by atoms with van der Waals surface area (Å²) < 4.78 is 0. The molecule has 1 unspecified atom stereocenters. The Morgan fingerprint density at radius 1 is 1.25 bits per heavy atom. The molecule has 2 aliphatic heterocycles. The van der Waals surface area contributed by atoms with Crippen molar-refractivity contribution in [3.05, 3.63) is 0 Å². The smallest absolute Gasteiger partial charge is 0.0574 e. The molecule has 2 heterocycles. The minimum atomic E-state index is 0.698. The maximum absolute atomic E-state index is 5.21. The van der Waals surface area contributed by atoms with Gasteiger partial charge in [0.05, 0.1) is 6.54 Å². The molecular formula is C13H23N3. The minimum Gasteiger partial charge on any atom is -0.305 e. The summed E-state index contributed by atoms with van der Waals surface area (Å²) in [5.74, 6) is 2.62. The molecule has 0 saturated carbocycles. The van der Waals surface area contributed by atoms with Gasteiger partial charge in [-0.2, -0.15) is 0 Å². The Hall–Kier alpha value is -0.560. The predicted octanol–water partition coefficient (Wildman–Crippen LogP) is 0.379. The van der Waals surface area contributed by atoms with Crippen molar-refractivity contribution in [2.45, 2.75) is 25.3 Å². The molecule has 2 rings (SSSR count). The lowest BCUT2D eigenvalue weighted by molar-refractivity contribution is 0.221. The molecule has 90 valence electrons. The van der Waals surface area contributed by atoms with Crippen molar-refractivity contribution in [1.29, 1.82) is 0 Å². The van der Waals surface area contributed by atoms with Crippen LogP contribution in [0.25, 0.3) is 0 Å². The number of terminal acetylenes is 1. The number of nitrogens with one attached hydrogen (secondary N) is 1. The van der Waals surface area contributed by atoms with Crippen LogP contribution < -0.4 is 5.32 Å². The summed E-state index contributed by atoms with van der Waals surface area (Å²) in [5, 5.41) is 3.27. The molecule has 0 aromatic rings. The SMILES string of the molecule is C#CCNCCN1CCCN2CCCC2C1. The van der Waals surface area contributed by atoms with Crippen LogP contribution in [0, 0.1) is 12.3 Å². The molecule has 0 aromatic heterocycles. The first kappa shape index (κ1) is 11.9. The fourth-order valence-electron chi connectivity index (χ4n) is 2.88. The van der Waals surface area contributed by atoms with E-state index in [4.69, 9.17) is 6.42 Å². The Morgan fingerprint density at radius 2 is 2.12 bits per heavy atom. The minimum absolute atomic E-state index is 0.698. The molecule has 0 spiro atoms. The zero-order valence-corrected chi connectivity index (χ0v) is 10.1. The van der Waals surface area contributed by atoms with Crippen molar-refractivity contribution in [3.8, 4) is 12.3 Å². The quantitative estimate of drug-likeness (QED) is 0.547. The van der Waals surface area contributed by atoms with E-state index in [-0.39, 0.29) is 0 Å². The number of hydrogen-bond donors (Lipinski definition) is 1. The van der Waals surface area contributed by atoms with Gasteiger partial charge in [0.25, 0.3) is 0 Å². The van der Waals surface area contributed by atoms with E-state index in [9.17, 15) is 0 Å². The van der Waals surface area contributed by atoms with Crippen LogP contribution in [0.4, 0.5) is 0 Å². The molecule has 2 aliphatic rings. The van der Waals surface area contributed by atoms with Crippen LogP contribution in [0.15, 0.2) is 0 Å². The molecule has 2 fully saturated rings. The van der Waals surface area contributed by atoms with E-state index in [0.29, 0.717) is 6.54 Å². The van der Waals surface area contributed by atoms with Gasteiger partial charge in [-0.25, -0.2) is 0 Å². The standard InChI is InChI=1S/C13H23N3/c1-2-6-14-7-11-15-8-4-10-16-9-3-5-13(16)12-15/h1,13-14H,3-12H2. The second kappa shape index (κ2) is 6.24. The molecular weight excluding hydrogens is 198 g/mol. The number of nitrogens with zero attached hydrogens (tertiary/aromatic N) is 2. The number of fused-ring (bicyclic) bond motifs is 1. The number of hydrogen-bond acceptors (Lipinski definition) is 3. The van der Waals surface area contributed by atoms with Gasteiger partial charge in [-0.05, 0) is 38.9 Å². The van der Waals surface area contributed by atoms with Gasteiger partial charge in [-0.3, -0.25) is 4.90 Å². The molecule has 2 saturated heterocycles. The van der Waals surface area contributed by atoms with Crippen LogP contribution in [0.2, 0.25) is 0 Å². The van der Waals surface area contributed by atoms with Gasteiger partial charge >= 0.3 is 0 Å². The highest BCUT2D eigenvalue weighted by Crippen LogP contribution is 2.20. The third kappa shape index (κ3) is 3.21. The third-order valence-electron chi connectivity index (χ3n) is 3.72. The molecule has 0 amide bonds. The first-order valence-electron chi connectivity index (χ1n) is 6.51. The zero-order valence-electron chi connectivity index (χ0n) is 10.1. The summed E-state index contributed by atoms with van der Waals surface area (Å²) in [7, 11) is 0. The highest BCUT2D eigenvalue weighted by atomic mass is 15.3. The van der Waals surface area contributed by atoms with Crippen LogP contribution in [0.3, 0.4) is 0 Å². The van der Waals surface area contributed by atoms with E-state index in [1.165, 1.54) is 45.4 Å². The van der Waals surface area contributed by atoms with Crippen molar-refractivity contribution in [1.82, 2.24) is 15.1 Å². The maximum Gasteiger partial charge on any atom is 0.0574 e. The van der Waals surface area contributed by atoms with E-state index in [0.717, 1.165) is 19.1 Å². The number of rotatable bonds is 4. The van der Waals surface area contributed by atoms with Crippen molar-refractivity contribution in [3.63, 3.8) is 0 Å². The maximum atomic E-state index is 5.21. The van der Waals surface area contributed by atoms with Gasteiger partial charge in [-0.15, -0.1) is 6.42 Å². The first-order chi connectivity index (χ1) is 7.90. The summed E-state index contributed by atoms with van der Waals surface area (Å²) in [6, 6.07) is 0.829. The van der Waals surface area contributed by atoms with E-state index in [2.05, 4.69) is 21.0 Å². The van der Waals surface area contributed by atoms with Gasteiger partial charge in [0, 0.05) is 25.7 Å². The largest absolute Gasteiger partial charge is 0.305 e. The van der Waals surface area contributed by atoms with Gasteiger partial charge < -0.3 is 10.2 Å². The Labute approximate surface area is 99.2 Å². The van der Waals surface area contributed by atoms with Crippen molar-refractivity contribution < 1.29 is 0 Å². The Kier molecular flexibility index (Phi) is 4.65. The van der Waals surface area contributed by atoms with Gasteiger partial charge in [0.2, 0.25) is 0 Å². The fraction of sp³-hybridized carbons (Fsp3) is 0.846. The van der Waals surface area contributed by atoms with Gasteiger partial charge in [0.1, 0.15) is 0 Å². The predicted molar refractivity (Wildman–Crippen MR) is 67.4 cm³/mol. The Bertz CT molecular complexity index is 246. The molecule has 0 aliphatic carbocycles. The van der Waals surface area contributed by atoms with Gasteiger partial charge in [-0.1, -0.05) is 5.92 Å². The highest BCUT2D eigenvalue weighted by Gasteiger charge is 2.28. The Balaban J connectivity index is 1.71. The van der Waals surface area contributed by atoms with Crippen molar-refractivity contribution in [2.24, 2.45) is 0 Å². The molecule has 0 bridgehead atoms. The normalized spacial score (nSPS) is 27.3. The molecule has 3 heteroatoms. The molecule has 1 atom stereocenters. The monoisotopic (exact) mass is 221 g/mol. The van der Waals surface area contributed by atoms with Crippen LogP contribution in [0.5, 0.6) is 0 Å². The molecule has 1 N–H and O–H groups in total. The lowest BCUT2D eigenvalue weighted by atomic mass is 10.2. The third-order valence-corrected chi connectivity index (χ3v) is 3.72. The average molecular weight is 221 g/mol. The lowest BCUT2D eigenvalue weighted by Crippen LogP contribution is -2.39. The van der Waals surface area contributed by atoms with E-state index in [1.807, 2.05) is 0 Å². The van der Waals surface area contributed by atoms with E-state index < -0.39 is 0 Å². The lowest BCUT2D eigenvalue weighted by Gasteiger charge is -2.25. The second-order valence-corrected chi connectivity index (χ2v) is 4.87.